The van der Waals surface area contributed by atoms with Crippen molar-refractivity contribution < 1.29 is 9.53 Å². The second-order valence-corrected chi connectivity index (χ2v) is 5.22. The summed E-state index contributed by atoms with van der Waals surface area (Å²) in [6, 6.07) is 13.0. The second-order valence-electron chi connectivity index (χ2n) is 4.81. The third-order valence-electron chi connectivity index (χ3n) is 3.54. The summed E-state index contributed by atoms with van der Waals surface area (Å²) >= 11 is 6.06. The smallest absolute Gasteiger partial charge is 0.326 e. The Morgan fingerprint density at radius 3 is 2.86 bits per heavy atom. The highest BCUT2D eigenvalue weighted by atomic mass is 35.5. The molecular weight excluding hydrogens is 288 g/mol. The lowest BCUT2D eigenvalue weighted by atomic mass is 10.2. The normalized spacial score (nSPS) is 13.0. The Kier molecular flexibility index (Phi) is 3.71. The average Bonchev–Trinajstić information content (AvgIpc) is 2.91. The maximum atomic E-state index is 12.4. The van der Waals surface area contributed by atoms with Gasteiger partial charge < -0.3 is 10.1 Å². The number of rotatable bonds is 2. The van der Waals surface area contributed by atoms with E-state index in [1.54, 1.807) is 30.2 Å². The van der Waals surface area contributed by atoms with Gasteiger partial charge in [-0.15, -0.1) is 0 Å². The van der Waals surface area contributed by atoms with Gasteiger partial charge >= 0.3 is 6.03 Å². The standard InChI is InChI=1S/C16H15ClN2O2/c1-21-15-7-6-12(10-13(15)17)18-16(20)19-9-8-11-4-2-3-5-14(11)19/h2-7,10H,8-9H2,1H3,(H,18,20). The summed E-state index contributed by atoms with van der Waals surface area (Å²) in [5, 5.41) is 3.33. The van der Waals surface area contributed by atoms with Crippen molar-refractivity contribution in [3.05, 3.63) is 53.1 Å². The molecule has 0 unspecified atom stereocenters. The van der Waals surface area contributed by atoms with E-state index in [1.165, 1.54) is 5.56 Å². The predicted octanol–water partition coefficient (Wildman–Crippen LogP) is 3.94. The van der Waals surface area contributed by atoms with E-state index in [-0.39, 0.29) is 6.03 Å². The zero-order valence-electron chi connectivity index (χ0n) is 11.6. The van der Waals surface area contributed by atoms with Crippen LogP contribution in [0.3, 0.4) is 0 Å². The SMILES string of the molecule is COc1ccc(NC(=O)N2CCc3ccccc32)cc1Cl. The van der Waals surface area contributed by atoms with Gasteiger partial charge in [0.2, 0.25) is 0 Å². The van der Waals surface area contributed by atoms with Gasteiger partial charge in [-0.25, -0.2) is 4.79 Å². The van der Waals surface area contributed by atoms with Crippen LogP contribution in [0.25, 0.3) is 0 Å². The van der Waals surface area contributed by atoms with E-state index < -0.39 is 0 Å². The molecule has 2 amide bonds. The number of urea groups is 1. The van der Waals surface area contributed by atoms with Crippen molar-refractivity contribution in [1.29, 1.82) is 0 Å². The van der Waals surface area contributed by atoms with Gasteiger partial charge in [-0.1, -0.05) is 29.8 Å². The van der Waals surface area contributed by atoms with Gasteiger partial charge in [0.15, 0.2) is 0 Å². The van der Waals surface area contributed by atoms with Crippen LogP contribution in [0.1, 0.15) is 5.56 Å². The molecule has 0 spiro atoms. The molecule has 1 aliphatic heterocycles. The monoisotopic (exact) mass is 302 g/mol. The Morgan fingerprint density at radius 1 is 1.29 bits per heavy atom. The number of nitrogens with one attached hydrogen (secondary N) is 1. The fourth-order valence-corrected chi connectivity index (χ4v) is 2.74. The topological polar surface area (TPSA) is 41.6 Å². The van der Waals surface area contributed by atoms with Crippen LogP contribution in [0.15, 0.2) is 42.5 Å². The minimum Gasteiger partial charge on any atom is -0.495 e. The van der Waals surface area contributed by atoms with Crippen molar-refractivity contribution in [1.82, 2.24) is 0 Å². The van der Waals surface area contributed by atoms with Gasteiger partial charge in [0.05, 0.1) is 12.1 Å². The number of hydrogen-bond donors (Lipinski definition) is 1. The van der Waals surface area contributed by atoms with Gasteiger partial charge in [0.25, 0.3) is 0 Å². The molecule has 3 rings (SSSR count). The van der Waals surface area contributed by atoms with E-state index in [9.17, 15) is 4.79 Å². The van der Waals surface area contributed by atoms with Crippen LogP contribution in [0.4, 0.5) is 16.2 Å². The lowest BCUT2D eigenvalue weighted by Crippen LogP contribution is -2.33. The zero-order chi connectivity index (χ0) is 14.8. The highest BCUT2D eigenvalue weighted by molar-refractivity contribution is 6.32. The second kappa shape index (κ2) is 5.66. The summed E-state index contributed by atoms with van der Waals surface area (Å²) in [5.74, 6) is 0.584. The predicted molar refractivity (Wildman–Crippen MR) is 84.5 cm³/mol. The van der Waals surface area contributed by atoms with Crippen LogP contribution in [0.5, 0.6) is 5.75 Å². The van der Waals surface area contributed by atoms with Crippen LogP contribution in [-0.4, -0.2) is 19.7 Å². The van der Waals surface area contributed by atoms with E-state index >= 15 is 0 Å². The first-order chi connectivity index (χ1) is 10.2. The lowest BCUT2D eigenvalue weighted by molar-refractivity contribution is 0.257. The van der Waals surface area contributed by atoms with Crippen molar-refractivity contribution in [2.45, 2.75) is 6.42 Å². The molecule has 0 atom stereocenters. The van der Waals surface area contributed by atoms with Crippen LogP contribution in [0, 0.1) is 0 Å². The number of fused-ring (bicyclic) bond motifs is 1. The fourth-order valence-electron chi connectivity index (χ4n) is 2.48. The first-order valence-electron chi connectivity index (χ1n) is 6.69. The van der Waals surface area contributed by atoms with Crippen LogP contribution in [0.2, 0.25) is 5.02 Å². The number of para-hydroxylation sites is 1. The van der Waals surface area contributed by atoms with Crippen molar-refractivity contribution in [3.63, 3.8) is 0 Å². The molecule has 0 aromatic heterocycles. The van der Waals surface area contributed by atoms with E-state index in [0.717, 1.165) is 12.1 Å². The highest BCUT2D eigenvalue weighted by Gasteiger charge is 2.24. The molecule has 5 heteroatoms. The maximum absolute atomic E-state index is 12.4. The number of anilines is 2. The highest BCUT2D eigenvalue weighted by Crippen LogP contribution is 2.30. The molecule has 21 heavy (non-hydrogen) atoms. The molecule has 0 saturated heterocycles. The first kappa shape index (κ1) is 13.8. The number of amides is 2. The number of nitrogens with zero attached hydrogens (tertiary/aromatic N) is 1. The van der Waals surface area contributed by atoms with Crippen LogP contribution >= 0.6 is 11.6 Å². The van der Waals surface area contributed by atoms with Gasteiger partial charge in [-0.3, -0.25) is 4.90 Å². The van der Waals surface area contributed by atoms with Crippen molar-refractivity contribution in [2.24, 2.45) is 0 Å². The average molecular weight is 303 g/mol. The summed E-state index contributed by atoms with van der Waals surface area (Å²) in [5.41, 5.74) is 2.81. The third-order valence-corrected chi connectivity index (χ3v) is 3.83. The number of hydrogen-bond acceptors (Lipinski definition) is 2. The third kappa shape index (κ3) is 2.67. The van der Waals surface area contributed by atoms with Gasteiger partial charge in [-0.05, 0) is 36.2 Å². The summed E-state index contributed by atoms with van der Waals surface area (Å²) in [7, 11) is 1.56. The molecule has 2 aromatic carbocycles. The quantitative estimate of drug-likeness (QED) is 0.913. The molecule has 2 aromatic rings. The Hall–Kier alpha value is -2.20. The lowest BCUT2D eigenvalue weighted by Gasteiger charge is -2.18. The van der Waals surface area contributed by atoms with E-state index in [4.69, 9.17) is 16.3 Å². The number of methoxy groups -OCH3 is 1. The molecule has 0 saturated carbocycles. The van der Waals surface area contributed by atoms with Gasteiger partial charge in [0.1, 0.15) is 5.75 Å². The van der Waals surface area contributed by atoms with Crippen molar-refractivity contribution in [3.8, 4) is 5.75 Å². The maximum Gasteiger partial charge on any atom is 0.326 e. The Labute approximate surface area is 128 Å². The van der Waals surface area contributed by atoms with Gasteiger partial charge in [-0.2, -0.15) is 0 Å². The van der Waals surface area contributed by atoms with E-state index in [0.29, 0.717) is 23.0 Å². The number of ether oxygens (including phenoxy) is 1. The number of carbonyl (C=O) groups excluding carboxylic acids is 1. The Balaban J connectivity index is 1.77. The van der Waals surface area contributed by atoms with E-state index in [1.807, 2.05) is 24.3 Å². The number of carbonyl (C=O) groups is 1. The molecule has 4 nitrogen and oxygen atoms in total. The number of halogens is 1. The minimum absolute atomic E-state index is 0.152. The molecule has 0 fully saturated rings. The summed E-state index contributed by atoms with van der Waals surface area (Å²) in [6.45, 7) is 0.690. The zero-order valence-corrected chi connectivity index (χ0v) is 12.4. The summed E-state index contributed by atoms with van der Waals surface area (Å²) in [6.07, 6.45) is 0.882. The van der Waals surface area contributed by atoms with Crippen molar-refractivity contribution in [2.75, 3.05) is 23.9 Å². The molecule has 1 N–H and O–H groups in total. The summed E-state index contributed by atoms with van der Waals surface area (Å²) < 4.78 is 5.10. The number of benzene rings is 2. The Morgan fingerprint density at radius 2 is 2.10 bits per heavy atom. The van der Waals surface area contributed by atoms with Gasteiger partial charge in [0, 0.05) is 17.9 Å². The van der Waals surface area contributed by atoms with Crippen LogP contribution < -0.4 is 15.0 Å². The fraction of sp³-hybridized carbons (Fsp3) is 0.188. The molecule has 0 bridgehead atoms. The first-order valence-corrected chi connectivity index (χ1v) is 7.07. The summed E-state index contributed by atoms with van der Waals surface area (Å²) in [4.78, 5) is 14.1. The van der Waals surface area contributed by atoms with E-state index in [2.05, 4.69) is 5.32 Å². The minimum atomic E-state index is -0.152. The molecule has 1 heterocycles. The van der Waals surface area contributed by atoms with Crippen molar-refractivity contribution >= 4 is 29.0 Å². The Bertz CT molecular complexity index is 688. The van der Waals surface area contributed by atoms with Crippen LogP contribution in [-0.2, 0) is 6.42 Å². The largest absolute Gasteiger partial charge is 0.495 e. The molecule has 1 aliphatic rings. The molecule has 108 valence electrons. The molecule has 0 aliphatic carbocycles. The molecule has 0 radical (unpaired) electrons. The molecular formula is C16H15ClN2O2.